The van der Waals surface area contributed by atoms with Crippen molar-refractivity contribution < 1.29 is 124 Å². The lowest BCUT2D eigenvalue weighted by Crippen LogP contribution is -2.66. The number of aliphatic hydroxyl groups excluding tert-OH is 14. The molecule has 6 saturated heterocycles. The van der Waals surface area contributed by atoms with E-state index in [0.29, 0.717) is 0 Å². The summed E-state index contributed by atoms with van der Waals surface area (Å²) in [6, 6.07) is -8.17. The Bertz CT molecular complexity index is 1530. The molecular weight excluding hydrogens is 916 g/mol. The van der Waals surface area contributed by atoms with E-state index in [-0.39, 0.29) is 0 Å². The highest BCUT2D eigenvalue weighted by molar-refractivity contribution is 4.98. The topological polar surface area (TPSA) is 541 Å². The number of ether oxygens (including phenoxy) is 11. The lowest BCUT2D eigenvalue weighted by Gasteiger charge is -2.45. The van der Waals surface area contributed by atoms with E-state index in [1.54, 1.807) is 0 Å². The second kappa shape index (κ2) is 23.5. The van der Waals surface area contributed by atoms with Gasteiger partial charge in [-0.25, -0.2) is 0 Å². The van der Waals surface area contributed by atoms with Gasteiger partial charge in [0.2, 0.25) is 0 Å². The zero-order valence-corrected chi connectivity index (χ0v) is 35.8. The van der Waals surface area contributed by atoms with E-state index in [1.807, 2.05) is 0 Å². The second-order valence-corrected chi connectivity index (χ2v) is 17.5. The van der Waals surface area contributed by atoms with Crippen molar-refractivity contribution in [2.24, 2.45) is 34.4 Å². The molecular formula is C36H68N6O25. The van der Waals surface area contributed by atoms with E-state index in [4.69, 9.17) is 86.5 Å². The van der Waals surface area contributed by atoms with E-state index in [9.17, 15) is 71.5 Å². The first-order chi connectivity index (χ1) is 31.6. The van der Waals surface area contributed by atoms with Crippen molar-refractivity contribution in [1.29, 1.82) is 0 Å². The highest BCUT2D eigenvalue weighted by Crippen LogP contribution is 2.30. The number of nitrogens with two attached hydrogens (primary N) is 6. The summed E-state index contributed by atoms with van der Waals surface area (Å²) in [5.41, 5.74) is 35.8. The molecule has 0 amide bonds. The van der Waals surface area contributed by atoms with Crippen LogP contribution in [0.2, 0.25) is 0 Å². The summed E-state index contributed by atoms with van der Waals surface area (Å²) >= 11 is 0. The van der Waals surface area contributed by atoms with Gasteiger partial charge in [0.05, 0.1) is 75.9 Å². The fraction of sp³-hybridized carbons (Fsp3) is 1.00. The molecule has 0 unspecified atom stereocenters. The predicted molar refractivity (Wildman–Crippen MR) is 211 cm³/mol. The molecule has 0 aliphatic carbocycles. The Kier molecular flexibility index (Phi) is 19.4. The van der Waals surface area contributed by atoms with Gasteiger partial charge in [0, 0.05) is 0 Å². The quantitative estimate of drug-likeness (QED) is 0.0683. The Morgan fingerprint density at radius 2 is 0.463 bits per heavy atom. The van der Waals surface area contributed by atoms with Crippen molar-refractivity contribution in [3.8, 4) is 0 Å². The Hall–Kier alpha value is -1.24. The Balaban J connectivity index is 1.01. The van der Waals surface area contributed by atoms with Gasteiger partial charge in [-0.2, -0.15) is 0 Å². The third kappa shape index (κ3) is 12.0. The molecule has 6 aliphatic heterocycles. The van der Waals surface area contributed by atoms with Crippen molar-refractivity contribution >= 4 is 0 Å². The molecule has 392 valence electrons. The van der Waals surface area contributed by atoms with Gasteiger partial charge in [0.25, 0.3) is 0 Å². The van der Waals surface area contributed by atoms with E-state index in [1.165, 1.54) is 0 Å². The molecule has 31 heteroatoms. The summed E-state index contributed by atoms with van der Waals surface area (Å²) in [7, 11) is 0. The molecule has 0 spiro atoms. The molecule has 6 rings (SSSR count). The molecule has 0 aromatic rings. The number of aliphatic hydroxyl groups is 14. The summed E-state index contributed by atoms with van der Waals surface area (Å²) in [5, 5.41) is 146. The third-order valence-electron chi connectivity index (χ3n) is 12.8. The molecule has 0 aromatic heterocycles. The third-order valence-corrected chi connectivity index (χ3v) is 12.8. The maximum Gasteiger partial charge on any atom is 0.175 e. The Labute approximate surface area is 381 Å². The SMILES string of the molecule is N[C@@H]1[C@@H](O)[C@H](O)[C@@H](CO[C@@H]2O[C@H](CO[C@@H]3O[C@H](CO[C@@H]4O[C@H](CO[C@@H]5O[C@H](CO[C@@H]6O[C@H](CO)[C@@H](O)[C@H](O)[C@H]6N)[C@@H](O)[C@H](O)[C@H]5N)[C@@H](O)[C@H](O)[C@H]4N)[C@@H](O)[C@H](O)[C@H]3N)[C@@H](O)[C@H](O)[C@H]2N)O[C@H]1O. The summed E-state index contributed by atoms with van der Waals surface area (Å²) in [6.07, 6.45) is -36.9. The van der Waals surface area contributed by atoms with Gasteiger partial charge in [-0.1, -0.05) is 0 Å². The molecule has 6 heterocycles. The van der Waals surface area contributed by atoms with Gasteiger partial charge in [-0.05, 0) is 0 Å². The predicted octanol–water partition coefficient (Wildman–Crippen LogP) is -14.3. The smallest absolute Gasteiger partial charge is 0.175 e. The molecule has 67 heavy (non-hydrogen) atoms. The van der Waals surface area contributed by atoms with Gasteiger partial charge in [-0.15, -0.1) is 0 Å². The molecule has 6 aliphatic rings. The van der Waals surface area contributed by atoms with Gasteiger partial charge < -0.3 is 158 Å². The molecule has 26 N–H and O–H groups in total. The maximum absolute atomic E-state index is 10.9. The monoisotopic (exact) mass is 984 g/mol. The van der Waals surface area contributed by atoms with Crippen molar-refractivity contribution in [2.75, 3.05) is 39.6 Å². The van der Waals surface area contributed by atoms with E-state index in [2.05, 4.69) is 0 Å². The Morgan fingerprint density at radius 1 is 0.269 bits per heavy atom. The number of rotatable bonds is 16. The number of hydrogen-bond acceptors (Lipinski definition) is 31. The average Bonchev–Trinajstić information content (AvgIpc) is 3.31. The highest BCUT2D eigenvalue weighted by atomic mass is 16.8. The van der Waals surface area contributed by atoms with Crippen LogP contribution in [0.5, 0.6) is 0 Å². The van der Waals surface area contributed by atoms with Crippen LogP contribution in [0.1, 0.15) is 0 Å². The first-order valence-corrected chi connectivity index (χ1v) is 21.6. The van der Waals surface area contributed by atoms with E-state index < -0.39 is 224 Å². The molecule has 0 saturated carbocycles. The zero-order valence-electron chi connectivity index (χ0n) is 35.8. The first kappa shape index (κ1) is 55.1. The summed E-state index contributed by atoms with van der Waals surface area (Å²) in [4.78, 5) is 0. The lowest BCUT2D eigenvalue weighted by atomic mass is 9.96. The van der Waals surface area contributed by atoms with Crippen LogP contribution in [-0.4, -0.2) is 295 Å². The van der Waals surface area contributed by atoms with Crippen LogP contribution in [0.25, 0.3) is 0 Å². The summed E-state index contributed by atoms with van der Waals surface area (Å²) < 4.78 is 62.0. The first-order valence-electron chi connectivity index (χ1n) is 21.6. The van der Waals surface area contributed by atoms with Crippen LogP contribution < -0.4 is 34.4 Å². The van der Waals surface area contributed by atoms with Crippen molar-refractivity contribution in [3.63, 3.8) is 0 Å². The molecule has 0 aromatic carbocycles. The number of hydrogen-bond donors (Lipinski definition) is 20. The van der Waals surface area contributed by atoms with Crippen molar-refractivity contribution in [1.82, 2.24) is 0 Å². The van der Waals surface area contributed by atoms with Crippen LogP contribution in [-0.2, 0) is 52.1 Å². The molecule has 30 atom stereocenters. The van der Waals surface area contributed by atoms with Gasteiger partial charge in [0.15, 0.2) is 37.7 Å². The maximum atomic E-state index is 10.9. The van der Waals surface area contributed by atoms with Crippen molar-refractivity contribution in [3.05, 3.63) is 0 Å². The Morgan fingerprint density at radius 3 is 0.701 bits per heavy atom. The largest absolute Gasteiger partial charge is 0.394 e. The van der Waals surface area contributed by atoms with Crippen LogP contribution >= 0.6 is 0 Å². The van der Waals surface area contributed by atoms with E-state index >= 15 is 0 Å². The summed E-state index contributed by atoms with van der Waals surface area (Å²) in [5.74, 6) is 0. The fourth-order valence-corrected chi connectivity index (χ4v) is 8.27. The van der Waals surface area contributed by atoms with Crippen LogP contribution in [0.15, 0.2) is 0 Å². The standard InChI is InChI=1S/C36H68N6O25/c37-13-25(50)20(45)8(62-31(13)56)2-57-33-15(39)27(52)22(47)10(64-33)4-59-35-17(41)29(54)24(49)12(66-35)6-61-36-18(42)30(55)23(48)11(67-36)5-60-34-16(40)28(53)21(46)9(65-34)3-58-32-14(38)26(51)19(44)7(1-43)63-32/h7-36,43-56H,1-6,37-42H2/t7-,8-,9-,10-,11-,12-,13-,14-,15-,16-,17-,18-,19-,20-,21-,22-,23-,24-,25-,26-,27-,28-,29-,30-,31-,32-,33-,34-,35-,36-/m1/s1. The molecule has 0 radical (unpaired) electrons. The average molecular weight is 985 g/mol. The minimum Gasteiger partial charge on any atom is -0.394 e. The minimum absolute atomic E-state index is 0.519. The van der Waals surface area contributed by atoms with E-state index in [0.717, 1.165) is 0 Å². The minimum atomic E-state index is -1.71. The fourth-order valence-electron chi connectivity index (χ4n) is 8.27. The van der Waals surface area contributed by atoms with Crippen LogP contribution in [0.4, 0.5) is 0 Å². The normalized spacial score (nSPS) is 53.4. The second-order valence-electron chi connectivity index (χ2n) is 17.5. The highest BCUT2D eigenvalue weighted by Gasteiger charge is 2.51. The lowest BCUT2D eigenvalue weighted by molar-refractivity contribution is -0.323. The molecule has 0 bridgehead atoms. The molecule has 6 fully saturated rings. The molecule has 31 nitrogen and oxygen atoms in total. The summed E-state index contributed by atoms with van der Waals surface area (Å²) in [6.45, 7) is -3.52. The van der Waals surface area contributed by atoms with Crippen LogP contribution in [0.3, 0.4) is 0 Å². The van der Waals surface area contributed by atoms with Crippen LogP contribution in [0, 0.1) is 0 Å². The zero-order chi connectivity index (χ0) is 49.3. The van der Waals surface area contributed by atoms with Gasteiger partial charge in [0.1, 0.15) is 110 Å². The van der Waals surface area contributed by atoms with Gasteiger partial charge in [-0.3, -0.25) is 0 Å². The van der Waals surface area contributed by atoms with Crippen molar-refractivity contribution in [2.45, 2.75) is 184 Å². The van der Waals surface area contributed by atoms with Gasteiger partial charge >= 0.3 is 0 Å².